The lowest BCUT2D eigenvalue weighted by Gasteiger charge is -2.14. The summed E-state index contributed by atoms with van der Waals surface area (Å²) in [6.07, 6.45) is 1.54. The van der Waals surface area contributed by atoms with Crippen LogP contribution in [0.1, 0.15) is 38.3 Å². The minimum absolute atomic E-state index is 0.00167. The number of hydrogen-bond donors (Lipinski definition) is 0. The number of ketones is 1. The Morgan fingerprint density at radius 2 is 1.72 bits per heavy atom. The van der Waals surface area contributed by atoms with Crippen LogP contribution in [0.25, 0.3) is 11.0 Å². The number of carbonyl (C=O) groups excluding carboxylic acids is 1. The van der Waals surface area contributed by atoms with Crippen LogP contribution in [-0.2, 0) is 6.54 Å². The molecule has 0 saturated heterocycles. The summed E-state index contributed by atoms with van der Waals surface area (Å²) < 4.78 is 1.75. The van der Waals surface area contributed by atoms with E-state index >= 15 is 0 Å². The fourth-order valence-electron chi connectivity index (χ4n) is 3.78. The Kier molecular flexibility index (Phi) is 5.40. The summed E-state index contributed by atoms with van der Waals surface area (Å²) in [5.41, 5.74) is 4.01. The SMILES string of the molecule is Cc1ccc(C(=O)c2cn(Cc3ccc([N+](=O)[O-])cc3)c3nc(C)ccc3c2=O)c(C)c1. The van der Waals surface area contributed by atoms with E-state index in [1.165, 1.54) is 12.1 Å². The molecule has 2 aromatic heterocycles. The minimum atomic E-state index is -0.454. The van der Waals surface area contributed by atoms with Gasteiger partial charge in [0.15, 0.2) is 5.78 Å². The normalized spacial score (nSPS) is 11.0. The van der Waals surface area contributed by atoms with Gasteiger partial charge in [-0.3, -0.25) is 19.7 Å². The highest BCUT2D eigenvalue weighted by Gasteiger charge is 2.19. The highest BCUT2D eigenvalue weighted by molar-refractivity contribution is 6.10. The van der Waals surface area contributed by atoms with E-state index in [0.29, 0.717) is 23.1 Å². The van der Waals surface area contributed by atoms with Crippen molar-refractivity contribution in [2.45, 2.75) is 27.3 Å². The number of benzene rings is 2. The number of rotatable bonds is 5. The minimum Gasteiger partial charge on any atom is -0.327 e. The molecule has 0 atom stereocenters. The molecule has 4 aromatic rings. The first-order valence-corrected chi connectivity index (χ1v) is 10.1. The van der Waals surface area contributed by atoms with Crippen molar-refractivity contribution in [1.82, 2.24) is 9.55 Å². The third kappa shape index (κ3) is 3.92. The van der Waals surface area contributed by atoms with E-state index in [9.17, 15) is 19.7 Å². The Hall–Kier alpha value is -4.13. The molecule has 0 aliphatic carbocycles. The molecule has 2 aromatic carbocycles. The van der Waals surface area contributed by atoms with Crippen molar-refractivity contribution in [3.63, 3.8) is 0 Å². The average Bonchev–Trinajstić information content (AvgIpc) is 2.75. The summed E-state index contributed by atoms with van der Waals surface area (Å²) in [5.74, 6) is -0.340. The van der Waals surface area contributed by atoms with E-state index in [1.54, 1.807) is 41.1 Å². The quantitative estimate of drug-likeness (QED) is 0.265. The Balaban J connectivity index is 1.87. The maximum absolute atomic E-state index is 13.3. The fourth-order valence-corrected chi connectivity index (χ4v) is 3.78. The topological polar surface area (TPSA) is 95.1 Å². The van der Waals surface area contributed by atoms with Gasteiger partial charge in [-0.15, -0.1) is 0 Å². The van der Waals surface area contributed by atoms with E-state index in [2.05, 4.69) is 4.98 Å². The van der Waals surface area contributed by atoms with Gasteiger partial charge in [0.2, 0.25) is 5.43 Å². The predicted octanol–water partition coefficient (Wildman–Crippen LogP) is 4.51. The average molecular weight is 427 g/mol. The molecule has 0 radical (unpaired) electrons. The molecule has 7 nitrogen and oxygen atoms in total. The van der Waals surface area contributed by atoms with Gasteiger partial charge in [-0.05, 0) is 44.0 Å². The zero-order valence-corrected chi connectivity index (χ0v) is 18.0. The summed E-state index contributed by atoms with van der Waals surface area (Å²) in [6, 6.07) is 15.1. The molecule has 0 aliphatic heterocycles. The van der Waals surface area contributed by atoms with Gasteiger partial charge in [0.05, 0.1) is 15.9 Å². The molecule has 4 rings (SSSR count). The number of carbonyl (C=O) groups is 1. The Morgan fingerprint density at radius 3 is 2.38 bits per heavy atom. The van der Waals surface area contributed by atoms with Crippen LogP contribution in [0.15, 0.2) is 65.6 Å². The van der Waals surface area contributed by atoms with Crippen LogP contribution in [0.2, 0.25) is 0 Å². The molecule has 0 aliphatic rings. The number of hydrogen-bond acceptors (Lipinski definition) is 5. The molecular weight excluding hydrogens is 406 g/mol. The predicted molar refractivity (Wildman–Crippen MR) is 122 cm³/mol. The number of nitro benzene ring substituents is 1. The third-order valence-corrected chi connectivity index (χ3v) is 5.43. The summed E-state index contributed by atoms with van der Waals surface area (Å²) in [5, 5.41) is 11.3. The number of pyridine rings is 2. The van der Waals surface area contributed by atoms with Crippen LogP contribution in [0.5, 0.6) is 0 Å². The number of nitro groups is 1. The van der Waals surface area contributed by atoms with Crippen molar-refractivity contribution >= 4 is 22.5 Å². The van der Waals surface area contributed by atoms with Crippen molar-refractivity contribution < 1.29 is 9.72 Å². The van der Waals surface area contributed by atoms with Crippen LogP contribution >= 0.6 is 0 Å². The Morgan fingerprint density at radius 1 is 1.00 bits per heavy atom. The maximum Gasteiger partial charge on any atom is 0.269 e. The second-order valence-corrected chi connectivity index (χ2v) is 7.89. The number of aryl methyl sites for hydroxylation is 3. The Bertz CT molecular complexity index is 1440. The molecule has 2 heterocycles. The molecular formula is C25H21N3O4. The first kappa shape index (κ1) is 21.1. The third-order valence-electron chi connectivity index (χ3n) is 5.43. The smallest absolute Gasteiger partial charge is 0.269 e. The van der Waals surface area contributed by atoms with Crippen LogP contribution in [0.4, 0.5) is 5.69 Å². The van der Waals surface area contributed by atoms with Gasteiger partial charge in [0.25, 0.3) is 5.69 Å². The lowest BCUT2D eigenvalue weighted by atomic mass is 9.97. The fraction of sp³-hybridized carbons (Fsp3) is 0.160. The van der Waals surface area contributed by atoms with Gasteiger partial charge in [0.1, 0.15) is 5.65 Å². The highest BCUT2D eigenvalue weighted by atomic mass is 16.6. The van der Waals surface area contributed by atoms with Crippen molar-refractivity contribution in [3.8, 4) is 0 Å². The van der Waals surface area contributed by atoms with Crippen molar-refractivity contribution in [1.29, 1.82) is 0 Å². The van der Waals surface area contributed by atoms with Crippen LogP contribution in [0, 0.1) is 30.9 Å². The molecule has 7 heteroatoms. The lowest BCUT2D eigenvalue weighted by Crippen LogP contribution is -2.21. The van der Waals surface area contributed by atoms with Gasteiger partial charge in [0, 0.05) is 36.1 Å². The molecule has 0 N–H and O–H groups in total. The molecule has 32 heavy (non-hydrogen) atoms. The van der Waals surface area contributed by atoms with E-state index < -0.39 is 4.92 Å². The second-order valence-electron chi connectivity index (χ2n) is 7.89. The van der Waals surface area contributed by atoms with E-state index in [-0.39, 0.29) is 22.5 Å². The number of nitrogens with zero attached hydrogens (tertiary/aromatic N) is 3. The van der Waals surface area contributed by atoms with Crippen LogP contribution < -0.4 is 5.43 Å². The molecule has 0 spiro atoms. The van der Waals surface area contributed by atoms with E-state index in [1.807, 2.05) is 32.9 Å². The van der Waals surface area contributed by atoms with Gasteiger partial charge >= 0.3 is 0 Å². The second kappa shape index (κ2) is 8.19. The molecule has 160 valence electrons. The number of aromatic nitrogens is 2. The summed E-state index contributed by atoms with van der Waals surface area (Å²) in [4.78, 5) is 41.5. The van der Waals surface area contributed by atoms with E-state index in [0.717, 1.165) is 22.4 Å². The van der Waals surface area contributed by atoms with Crippen LogP contribution in [-0.4, -0.2) is 20.3 Å². The standard InChI is InChI=1S/C25H21N3O4/c1-15-4-10-20(16(2)12-15)23(29)22-14-27(13-18-6-8-19(9-7-18)28(31)32)25-21(24(22)30)11-5-17(3)26-25/h4-12,14H,13H2,1-3H3. The van der Waals surface area contributed by atoms with Gasteiger partial charge in [-0.1, -0.05) is 35.9 Å². The monoisotopic (exact) mass is 427 g/mol. The van der Waals surface area contributed by atoms with Crippen molar-refractivity contribution in [2.24, 2.45) is 0 Å². The Labute approximate surface area is 184 Å². The lowest BCUT2D eigenvalue weighted by molar-refractivity contribution is -0.384. The van der Waals surface area contributed by atoms with E-state index in [4.69, 9.17) is 0 Å². The van der Waals surface area contributed by atoms with Gasteiger partial charge in [-0.25, -0.2) is 4.98 Å². The van der Waals surface area contributed by atoms with Crippen LogP contribution in [0.3, 0.4) is 0 Å². The molecule has 0 fully saturated rings. The summed E-state index contributed by atoms with van der Waals surface area (Å²) >= 11 is 0. The highest BCUT2D eigenvalue weighted by Crippen LogP contribution is 2.19. The van der Waals surface area contributed by atoms with Gasteiger partial charge in [-0.2, -0.15) is 0 Å². The zero-order valence-electron chi connectivity index (χ0n) is 18.0. The first-order valence-electron chi connectivity index (χ1n) is 10.1. The molecule has 0 unspecified atom stereocenters. The summed E-state index contributed by atoms with van der Waals surface area (Å²) in [6.45, 7) is 5.93. The van der Waals surface area contributed by atoms with Crippen molar-refractivity contribution in [3.05, 3.63) is 115 Å². The number of fused-ring (bicyclic) bond motifs is 1. The molecule has 0 bridgehead atoms. The maximum atomic E-state index is 13.3. The summed E-state index contributed by atoms with van der Waals surface area (Å²) in [7, 11) is 0. The van der Waals surface area contributed by atoms with Gasteiger partial charge < -0.3 is 4.57 Å². The molecule has 0 saturated carbocycles. The van der Waals surface area contributed by atoms with Crippen molar-refractivity contribution in [2.75, 3.05) is 0 Å². The number of non-ortho nitro benzene ring substituents is 1. The zero-order chi connectivity index (χ0) is 23.0. The molecule has 0 amide bonds. The largest absolute Gasteiger partial charge is 0.327 e. The first-order chi connectivity index (χ1) is 15.2.